The smallest absolute Gasteiger partial charge is 0 e. The van der Waals surface area contributed by atoms with E-state index in [2.05, 4.69) is 109 Å². The van der Waals surface area contributed by atoms with Crippen LogP contribution in [0.25, 0.3) is 129 Å². The summed E-state index contributed by atoms with van der Waals surface area (Å²) in [6.07, 6.45) is 0. The molecule has 0 saturated carbocycles. The van der Waals surface area contributed by atoms with Crippen LogP contribution in [0.2, 0.25) is 0 Å². The number of fused-ring (bicyclic) bond motifs is 6. The SMILES string of the molecule is [W].[W].[c-]1cc2c3cccc4c5cccc6c7c[c-]cc8c9cccc%10c%11cccc%12c(c1)c2c1c(c34)c(c65)c(c78)c(c9%10)c1c%12%11. The molecule has 0 unspecified atom stereocenters. The van der Waals surface area contributed by atoms with Gasteiger partial charge in [-0.1, -0.05) is 94.3 Å². The van der Waals surface area contributed by atoms with Crippen molar-refractivity contribution in [2.45, 2.75) is 0 Å². The summed E-state index contributed by atoms with van der Waals surface area (Å²) >= 11 is 0. The number of rotatable bonds is 0. The molecule has 0 bridgehead atoms. The van der Waals surface area contributed by atoms with Crippen LogP contribution in [0.15, 0.2) is 97.1 Å². The van der Waals surface area contributed by atoms with Crippen molar-refractivity contribution >= 4 is 129 Å². The van der Waals surface area contributed by atoms with Gasteiger partial charge in [0, 0.05) is 42.1 Å². The van der Waals surface area contributed by atoms with Gasteiger partial charge in [-0.25, -0.2) is 0 Å². The van der Waals surface area contributed by atoms with Crippen LogP contribution in [-0.2, 0) is 42.1 Å². The van der Waals surface area contributed by atoms with Crippen LogP contribution in [-0.4, -0.2) is 0 Å². The van der Waals surface area contributed by atoms with Crippen LogP contribution in [0.1, 0.15) is 0 Å². The second kappa shape index (κ2) is 7.58. The molecule has 0 fully saturated rings. The average molecular weight is 888 g/mol. The molecule has 0 heterocycles. The molecular formula is C42H16W2-2. The van der Waals surface area contributed by atoms with Gasteiger partial charge in [0.1, 0.15) is 0 Å². The van der Waals surface area contributed by atoms with Gasteiger partial charge in [0.2, 0.25) is 0 Å². The Morgan fingerprint density at radius 3 is 0.636 bits per heavy atom. The molecule has 13 aromatic carbocycles. The van der Waals surface area contributed by atoms with Crippen LogP contribution in [0.4, 0.5) is 0 Å². The third-order valence-corrected chi connectivity index (χ3v) is 11.0. The van der Waals surface area contributed by atoms with E-state index in [0.717, 1.165) is 0 Å². The van der Waals surface area contributed by atoms with Gasteiger partial charge in [-0.3, -0.25) is 0 Å². The summed E-state index contributed by atoms with van der Waals surface area (Å²) in [4.78, 5) is 0. The molecule has 0 atom stereocenters. The summed E-state index contributed by atoms with van der Waals surface area (Å²) in [6.45, 7) is 0. The summed E-state index contributed by atoms with van der Waals surface area (Å²) in [5.41, 5.74) is 0. The van der Waals surface area contributed by atoms with E-state index in [1.165, 1.54) is 129 Å². The van der Waals surface area contributed by atoms with Gasteiger partial charge in [-0.05, 0) is 75.4 Å². The molecule has 0 saturated heterocycles. The first-order valence-electron chi connectivity index (χ1n) is 14.8. The van der Waals surface area contributed by atoms with Gasteiger partial charge in [0.15, 0.2) is 0 Å². The van der Waals surface area contributed by atoms with Gasteiger partial charge in [-0.2, -0.15) is 36.4 Å². The van der Waals surface area contributed by atoms with Crippen molar-refractivity contribution in [2.24, 2.45) is 0 Å². The Bertz CT molecular complexity index is 2530. The van der Waals surface area contributed by atoms with Crippen molar-refractivity contribution in [1.29, 1.82) is 0 Å². The Morgan fingerprint density at radius 2 is 0.409 bits per heavy atom. The topological polar surface area (TPSA) is 0 Å². The monoisotopic (exact) mass is 888 g/mol. The molecule has 0 amide bonds. The van der Waals surface area contributed by atoms with Crippen molar-refractivity contribution in [3.8, 4) is 0 Å². The molecule has 0 aliphatic rings. The van der Waals surface area contributed by atoms with Crippen molar-refractivity contribution in [3.63, 3.8) is 0 Å². The van der Waals surface area contributed by atoms with Crippen LogP contribution in [0.5, 0.6) is 0 Å². The van der Waals surface area contributed by atoms with Gasteiger partial charge in [-0.15, -0.1) is 32.3 Å². The molecule has 0 aliphatic carbocycles. The quantitative estimate of drug-likeness (QED) is 0.0809. The molecule has 198 valence electrons. The molecule has 13 aromatic rings. The van der Waals surface area contributed by atoms with Gasteiger partial charge in [0.05, 0.1) is 0 Å². The van der Waals surface area contributed by atoms with Crippen LogP contribution in [0.3, 0.4) is 0 Å². The minimum Gasteiger partial charge on any atom is -0.183 e. The van der Waals surface area contributed by atoms with Crippen LogP contribution in [0, 0.1) is 12.1 Å². The van der Waals surface area contributed by atoms with E-state index in [1.807, 2.05) is 0 Å². The van der Waals surface area contributed by atoms with E-state index >= 15 is 0 Å². The average Bonchev–Trinajstić information content (AvgIpc) is 3.06. The Kier molecular flexibility index (Phi) is 4.18. The number of hydrogen-bond donors (Lipinski definition) is 0. The fourth-order valence-corrected chi connectivity index (χ4v) is 9.72. The minimum atomic E-state index is 0. The first kappa shape index (κ1) is 24.3. The largest absolute Gasteiger partial charge is 0.183 e. The third kappa shape index (κ3) is 2.24. The molecule has 44 heavy (non-hydrogen) atoms. The Labute approximate surface area is 278 Å². The second-order valence-corrected chi connectivity index (χ2v) is 12.5. The summed E-state index contributed by atoms with van der Waals surface area (Å²) in [7, 11) is 0. The van der Waals surface area contributed by atoms with Crippen molar-refractivity contribution < 1.29 is 42.1 Å². The fraction of sp³-hybridized carbons (Fsp3) is 0. The predicted molar refractivity (Wildman–Crippen MR) is 181 cm³/mol. The maximum absolute atomic E-state index is 3.57. The first-order valence-corrected chi connectivity index (χ1v) is 14.8. The molecule has 13 rings (SSSR count). The Balaban J connectivity index is 0.00000121. The zero-order chi connectivity index (χ0) is 26.6. The van der Waals surface area contributed by atoms with Crippen molar-refractivity contribution in [2.75, 3.05) is 0 Å². The van der Waals surface area contributed by atoms with Crippen LogP contribution >= 0.6 is 0 Å². The molecular weight excluding hydrogens is 872 g/mol. The fourth-order valence-electron chi connectivity index (χ4n) is 9.72. The van der Waals surface area contributed by atoms with Gasteiger partial charge < -0.3 is 0 Å². The molecule has 0 nitrogen and oxygen atoms in total. The molecule has 0 spiro atoms. The maximum atomic E-state index is 3.57. The summed E-state index contributed by atoms with van der Waals surface area (Å²) in [6, 6.07) is 43.9. The van der Waals surface area contributed by atoms with E-state index in [-0.39, 0.29) is 42.1 Å². The normalized spacial score (nSPS) is 13.1. The summed E-state index contributed by atoms with van der Waals surface area (Å²) < 4.78 is 0. The summed E-state index contributed by atoms with van der Waals surface area (Å²) in [5, 5.41) is 33.1. The number of benzene rings is 13. The first-order chi connectivity index (χ1) is 20.9. The van der Waals surface area contributed by atoms with E-state index < -0.39 is 0 Å². The van der Waals surface area contributed by atoms with Gasteiger partial charge >= 0.3 is 0 Å². The number of hydrogen-bond acceptors (Lipinski definition) is 0. The Hall–Kier alpha value is -4.08. The molecule has 0 aromatic heterocycles. The predicted octanol–water partition coefficient (Wildman–Crippen LogP) is 11.7. The standard InChI is InChI=1S/C42H16.2W/c1-7-19-21-9-2-11-23-25-13-4-15-27-29-17-6-18-30-28-16-5-14-26-24-12-3-10-22-20(8-1)31(19)37-38(32(21)23)40(34(25)27)42(36(29)30)41(35(26)28)39(37)33(22)24;;/h1-2,5-18H;;/q-2;;. The van der Waals surface area contributed by atoms with E-state index in [0.29, 0.717) is 0 Å². The zero-order valence-corrected chi connectivity index (χ0v) is 28.9. The zero-order valence-electron chi connectivity index (χ0n) is 23.1. The van der Waals surface area contributed by atoms with E-state index in [9.17, 15) is 0 Å². The van der Waals surface area contributed by atoms with Crippen molar-refractivity contribution in [3.05, 3.63) is 109 Å². The van der Waals surface area contributed by atoms with Crippen LogP contribution < -0.4 is 0 Å². The third-order valence-electron chi connectivity index (χ3n) is 11.0. The Morgan fingerprint density at radius 1 is 0.227 bits per heavy atom. The molecule has 0 N–H and O–H groups in total. The van der Waals surface area contributed by atoms with Gasteiger partial charge in [0.25, 0.3) is 0 Å². The second-order valence-electron chi connectivity index (χ2n) is 12.5. The maximum Gasteiger partial charge on any atom is 0 e. The van der Waals surface area contributed by atoms with E-state index in [4.69, 9.17) is 0 Å². The van der Waals surface area contributed by atoms with E-state index in [1.54, 1.807) is 0 Å². The molecule has 0 aliphatic heterocycles. The summed E-state index contributed by atoms with van der Waals surface area (Å²) in [5.74, 6) is 0. The van der Waals surface area contributed by atoms with Crippen molar-refractivity contribution in [1.82, 2.24) is 0 Å². The molecule has 2 heteroatoms. The molecule has 0 radical (unpaired) electrons. The minimum absolute atomic E-state index is 0.